The van der Waals surface area contributed by atoms with Crippen LogP contribution in [0.25, 0.3) is 11.3 Å². The summed E-state index contributed by atoms with van der Waals surface area (Å²) in [7, 11) is 3.26. The van der Waals surface area contributed by atoms with Crippen LogP contribution in [0.2, 0.25) is 0 Å². The van der Waals surface area contributed by atoms with Gasteiger partial charge in [-0.25, -0.2) is 0 Å². The van der Waals surface area contributed by atoms with Crippen molar-refractivity contribution in [1.82, 2.24) is 15.1 Å². The molecule has 1 saturated heterocycles. The lowest BCUT2D eigenvalue weighted by molar-refractivity contribution is -0.133. The van der Waals surface area contributed by atoms with Gasteiger partial charge in [0.1, 0.15) is 17.2 Å². The molecule has 1 aliphatic heterocycles. The molecule has 0 spiro atoms. The minimum absolute atomic E-state index is 0.00239. The number of piperazine rings is 1. The molecule has 0 N–H and O–H groups in total. The molecule has 0 saturated carbocycles. The van der Waals surface area contributed by atoms with Gasteiger partial charge >= 0.3 is 0 Å². The zero-order valence-corrected chi connectivity index (χ0v) is 21.7. The van der Waals surface area contributed by atoms with Gasteiger partial charge < -0.3 is 24.0 Å². The van der Waals surface area contributed by atoms with Crippen molar-refractivity contribution >= 4 is 11.7 Å². The molecule has 2 aromatic carbocycles. The molecule has 0 atom stereocenters. The number of amides is 1. The van der Waals surface area contributed by atoms with Crippen molar-refractivity contribution < 1.29 is 19.0 Å². The summed E-state index contributed by atoms with van der Waals surface area (Å²) in [5.74, 6) is 3.34. The van der Waals surface area contributed by atoms with E-state index in [4.69, 9.17) is 14.2 Å². The lowest BCUT2D eigenvalue weighted by Crippen LogP contribution is -2.50. The van der Waals surface area contributed by atoms with E-state index < -0.39 is 0 Å². The zero-order valence-electron chi connectivity index (χ0n) is 21.7. The maximum Gasteiger partial charge on any atom is 0.260 e. The second-order valence-electron chi connectivity index (χ2n) is 9.20. The molecule has 8 heteroatoms. The molecule has 8 nitrogen and oxygen atoms in total. The highest BCUT2D eigenvalue weighted by Gasteiger charge is 2.23. The van der Waals surface area contributed by atoms with Crippen molar-refractivity contribution in [1.29, 1.82) is 0 Å². The van der Waals surface area contributed by atoms with Crippen LogP contribution in [-0.2, 0) is 4.79 Å². The molecule has 36 heavy (non-hydrogen) atoms. The number of anilines is 1. The number of nitrogens with zero attached hydrogens (tertiary/aromatic N) is 4. The van der Waals surface area contributed by atoms with Crippen LogP contribution in [0.15, 0.2) is 48.5 Å². The van der Waals surface area contributed by atoms with E-state index in [1.54, 1.807) is 14.2 Å². The third-order valence-corrected chi connectivity index (χ3v) is 6.43. The monoisotopic (exact) mass is 490 g/mol. The van der Waals surface area contributed by atoms with E-state index in [2.05, 4.69) is 41.1 Å². The Balaban J connectivity index is 1.35. The first kappa shape index (κ1) is 25.3. The van der Waals surface area contributed by atoms with E-state index in [-0.39, 0.29) is 12.5 Å². The number of benzene rings is 2. The predicted octanol–water partition coefficient (Wildman–Crippen LogP) is 4.32. The molecule has 0 bridgehead atoms. The van der Waals surface area contributed by atoms with Gasteiger partial charge in [0.05, 0.1) is 19.9 Å². The number of aryl methyl sites for hydroxylation is 1. The maximum atomic E-state index is 12.8. The van der Waals surface area contributed by atoms with Gasteiger partial charge in [-0.2, -0.15) is 0 Å². The zero-order chi connectivity index (χ0) is 25.7. The number of methoxy groups -OCH3 is 2. The maximum absolute atomic E-state index is 12.8. The van der Waals surface area contributed by atoms with Crippen molar-refractivity contribution in [3.05, 3.63) is 59.7 Å². The molecule has 3 aromatic rings. The van der Waals surface area contributed by atoms with Crippen molar-refractivity contribution in [3.8, 4) is 28.5 Å². The second kappa shape index (κ2) is 11.3. The molecule has 4 rings (SSSR count). The minimum Gasteiger partial charge on any atom is -0.497 e. The van der Waals surface area contributed by atoms with Crippen LogP contribution >= 0.6 is 0 Å². The summed E-state index contributed by atoms with van der Waals surface area (Å²) in [4.78, 5) is 16.8. The van der Waals surface area contributed by atoms with Crippen molar-refractivity contribution in [3.63, 3.8) is 0 Å². The number of hydrogen-bond acceptors (Lipinski definition) is 7. The Kier molecular flexibility index (Phi) is 7.93. The summed E-state index contributed by atoms with van der Waals surface area (Å²) in [6, 6.07) is 15.6. The van der Waals surface area contributed by atoms with E-state index in [9.17, 15) is 4.79 Å². The molecular weight excluding hydrogens is 456 g/mol. The van der Waals surface area contributed by atoms with Crippen LogP contribution < -0.4 is 19.1 Å². The van der Waals surface area contributed by atoms with Gasteiger partial charge in [0.15, 0.2) is 12.4 Å². The molecule has 1 aromatic heterocycles. The quantitative estimate of drug-likeness (QED) is 0.465. The topological polar surface area (TPSA) is 77.0 Å². The molecule has 0 unspecified atom stereocenters. The number of carbonyl (C=O) groups excluding carboxylic acids is 1. The van der Waals surface area contributed by atoms with E-state index in [1.165, 1.54) is 0 Å². The first-order valence-electron chi connectivity index (χ1n) is 12.2. The SMILES string of the molecule is COc1ccc(OC)c(-c2ccc(N3CCN(C(=O)COc4cc(C)ccc4C(C)C)CC3)nn2)c1. The van der Waals surface area contributed by atoms with E-state index in [0.29, 0.717) is 43.5 Å². The van der Waals surface area contributed by atoms with Crippen molar-refractivity contribution in [2.24, 2.45) is 0 Å². The van der Waals surface area contributed by atoms with E-state index in [1.807, 2.05) is 48.2 Å². The Morgan fingerprint density at radius 3 is 2.33 bits per heavy atom. The van der Waals surface area contributed by atoms with E-state index >= 15 is 0 Å². The van der Waals surface area contributed by atoms with Crippen LogP contribution in [0.3, 0.4) is 0 Å². The molecule has 1 aliphatic rings. The predicted molar refractivity (Wildman–Crippen MR) is 140 cm³/mol. The Morgan fingerprint density at radius 1 is 0.917 bits per heavy atom. The fourth-order valence-corrected chi connectivity index (χ4v) is 4.31. The van der Waals surface area contributed by atoms with Crippen molar-refractivity contribution in [2.45, 2.75) is 26.7 Å². The molecule has 190 valence electrons. The summed E-state index contributed by atoms with van der Waals surface area (Å²) in [5, 5.41) is 8.87. The summed E-state index contributed by atoms with van der Waals surface area (Å²) >= 11 is 0. The summed E-state index contributed by atoms with van der Waals surface area (Å²) in [5.41, 5.74) is 3.76. The fraction of sp³-hybridized carbons (Fsp3) is 0.393. The molecule has 2 heterocycles. The summed E-state index contributed by atoms with van der Waals surface area (Å²) < 4.78 is 16.8. The van der Waals surface area contributed by atoms with Crippen LogP contribution in [-0.4, -0.2) is 68.0 Å². The van der Waals surface area contributed by atoms with Crippen LogP contribution in [0, 0.1) is 6.92 Å². The lowest BCUT2D eigenvalue weighted by atomic mass is 10.0. The highest BCUT2D eigenvalue weighted by Crippen LogP contribution is 2.32. The van der Waals surface area contributed by atoms with Gasteiger partial charge in [-0.1, -0.05) is 26.0 Å². The molecule has 1 fully saturated rings. The Labute approximate surface area is 212 Å². The van der Waals surface area contributed by atoms with Crippen molar-refractivity contribution in [2.75, 3.05) is 51.9 Å². The molecular formula is C28H34N4O4. The molecule has 0 radical (unpaired) electrons. The van der Waals surface area contributed by atoms with Gasteiger partial charge in [-0.15, -0.1) is 10.2 Å². The molecule has 0 aliphatic carbocycles. The van der Waals surface area contributed by atoms with Gasteiger partial charge in [0.25, 0.3) is 5.91 Å². The van der Waals surface area contributed by atoms with Crippen LogP contribution in [0.5, 0.6) is 17.2 Å². The normalized spacial score (nSPS) is 13.6. The first-order chi connectivity index (χ1) is 17.4. The summed E-state index contributed by atoms with van der Waals surface area (Å²) in [6.45, 7) is 8.91. The second-order valence-corrected chi connectivity index (χ2v) is 9.20. The largest absolute Gasteiger partial charge is 0.497 e. The number of carbonyl (C=O) groups is 1. The smallest absolute Gasteiger partial charge is 0.260 e. The fourth-order valence-electron chi connectivity index (χ4n) is 4.31. The number of ether oxygens (including phenoxy) is 3. The van der Waals surface area contributed by atoms with Gasteiger partial charge in [0, 0.05) is 31.7 Å². The van der Waals surface area contributed by atoms with Gasteiger partial charge in [-0.05, 0) is 60.4 Å². The average Bonchev–Trinajstić information content (AvgIpc) is 2.91. The average molecular weight is 491 g/mol. The third kappa shape index (κ3) is 5.70. The van der Waals surface area contributed by atoms with Gasteiger partial charge in [-0.3, -0.25) is 4.79 Å². The third-order valence-electron chi connectivity index (χ3n) is 6.43. The minimum atomic E-state index is -0.00239. The number of hydrogen-bond donors (Lipinski definition) is 0. The van der Waals surface area contributed by atoms with Crippen LogP contribution in [0.1, 0.15) is 30.9 Å². The summed E-state index contributed by atoms with van der Waals surface area (Å²) in [6.07, 6.45) is 0. The number of rotatable bonds is 8. The highest BCUT2D eigenvalue weighted by atomic mass is 16.5. The Morgan fingerprint density at radius 2 is 1.69 bits per heavy atom. The number of aromatic nitrogens is 2. The Hall–Kier alpha value is -3.81. The highest BCUT2D eigenvalue weighted by molar-refractivity contribution is 5.78. The Bertz CT molecular complexity index is 1190. The van der Waals surface area contributed by atoms with Gasteiger partial charge in [0.2, 0.25) is 0 Å². The molecule has 1 amide bonds. The van der Waals surface area contributed by atoms with E-state index in [0.717, 1.165) is 34.0 Å². The lowest BCUT2D eigenvalue weighted by Gasteiger charge is -2.35. The van der Waals surface area contributed by atoms with Crippen LogP contribution in [0.4, 0.5) is 5.82 Å². The first-order valence-corrected chi connectivity index (χ1v) is 12.2. The standard InChI is InChI=1S/C28H34N4O4/c1-19(2)22-8-6-20(3)16-26(22)36-18-28(33)32-14-12-31(13-15-32)27-11-9-24(29-30-27)23-17-21(34-4)7-10-25(23)35-5/h6-11,16-17,19H,12-15,18H2,1-5H3.